The van der Waals surface area contributed by atoms with E-state index in [2.05, 4.69) is 11.8 Å². The first-order chi connectivity index (χ1) is 6.29. The van der Waals surface area contributed by atoms with E-state index in [9.17, 15) is 4.79 Å². The summed E-state index contributed by atoms with van der Waals surface area (Å²) >= 11 is 0. The second kappa shape index (κ2) is 9.31. The molecule has 0 bridgehead atoms. The van der Waals surface area contributed by atoms with Crippen LogP contribution in [0.4, 0.5) is 0 Å². The van der Waals surface area contributed by atoms with Crippen molar-refractivity contribution in [1.82, 2.24) is 4.90 Å². The van der Waals surface area contributed by atoms with Crippen LogP contribution in [0.1, 0.15) is 40.0 Å². The Hall–Kier alpha value is 1.27. The third kappa shape index (κ3) is 4.96. The zero-order valence-electron chi connectivity index (χ0n) is 11.0. The van der Waals surface area contributed by atoms with E-state index < -0.39 is 0 Å². The van der Waals surface area contributed by atoms with Crippen LogP contribution in [0.25, 0.3) is 0 Å². The quantitative estimate of drug-likeness (QED) is 0.460. The van der Waals surface area contributed by atoms with Crippen LogP contribution in [-0.2, 0) is 4.79 Å². The molecule has 0 saturated carbocycles. The van der Waals surface area contributed by atoms with Gasteiger partial charge in [0.25, 0.3) is 0 Å². The molecule has 0 radical (unpaired) electrons. The number of nitrogens with zero attached hydrogens (tertiary/aromatic N) is 1. The maximum absolute atomic E-state index is 11.0. The zero-order chi connectivity index (χ0) is 9.84. The van der Waals surface area contributed by atoms with E-state index in [1.54, 1.807) is 0 Å². The maximum atomic E-state index is 11.0. The molecule has 2 aliphatic heterocycles. The van der Waals surface area contributed by atoms with Gasteiger partial charge in [-0.1, -0.05) is 33.1 Å². The molecule has 2 heterocycles. The van der Waals surface area contributed by atoms with Gasteiger partial charge in [-0.05, 0) is 6.54 Å². The summed E-state index contributed by atoms with van der Waals surface area (Å²) in [5.41, 5.74) is 0. The van der Waals surface area contributed by atoms with E-state index in [1.807, 2.05) is 13.8 Å². The first-order valence-corrected chi connectivity index (χ1v) is 5.41. The Morgan fingerprint density at radius 2 is 2.07 bits per heavy atom. The van der Waals surface area contributed by atoms with E-state index in [4.69, 9.17) is 0 Å². The topological polar surface area (TPSA) is 20.3 Å². The van der Waals surface area contributed by atoms with Crippen molar-refractivity contribution in [3.63, 3.8) is 0 Å². The van der Waals surface area contributed by atoms with Crippen LogP contribution in [0, 0.1) is 19.4 Å². The predicted octanol–water partition coefficient (Wildman–Crippen LogP) is -0.296. The molecule has 15 heavy (non-hydrogen) atoms. The standard InChI is InChI=1S/C9H14NO.C2H6.CH3.K/c1-2-7-3-8-4-9(11)6-10(8)5-7;1-2;;/h7H,2-6H2,1H3;1-2H3;1H3;/q-1;;-1;+1. The number of ketones is 1. The smallest absolute Gasteiger partial charge is 0.447 e. The van der Waals surface area contributed by atoms with E-state index in [0.717, 1.165) is 18.9 Å². The van der Waals surface area contributed by atoms with E-state index in [0.29, 0.717) is 12.3 Å². The summed E-state index contributed by atoms with van der Waals surface area (Å²) in [5.74, 6) is 1.24. The molecule has 1 atom stereocenters. The molecule has 2 rings (SSSR count). The molecular weight excluding hydrogens is 213 g/mol. The Labute approximate surface area is 138 Å². The Bertz CT molecular complexity index is 168. The summed E-state index contributed by atoms with van der Waals surface area (Å²) in [7, 11) is 0. The van der Waals surface area contributed by atoms with Crippen LogP contribution in [-0.4, -0.2) is 23.8 Å². The summed E-state index contributed by atoms with van der Waals surface area (Å²) < 4.78 is 0. The van der Waals surface area contributed by atoms with Crippen LogP contribution in [0.5, 0.6) is 0 Å². The summed E-state index contributed by atoms with van der Waals surface area (Å²) in [6.07, 6.45) is 3.19. The molecule has 0 aromatic rings. The molecule has 0 aromatic heterocycles. The molecule has 2 fully saturated rings. The third-order valence-electron chi connectivity index (χ3n) is 2.80. The Morgan fingerprint density at radius 1 is 1.47 bits per heavy atom. The number of carbonyl (C=O) groups is 1. The first kappa shape index (κ1) is 18.6. The van der Waals surface area contributed by atoms with Crippen molar-refractivity contribution in [3.05, 3.63) is 13.5 Å². The van der Waals surface area contributed by atoms with Gasteiger partial charge in [-0.2, -0.15) is 6.42 Å². The minimum absolute atomic E-state index is 0. The number of carbonyl (C=O) groups excluding carboxylic acids is 1. The van der Waals surface area contributed by atoms with Gasteiger partial charge in [0, 0.05) is 6.54 Å². The molecule has 2 nitrogen and oxygen atoms in total. The normalized spacial score (nSPS) is 24.7. The van der Waals surface area contributed by atoms with Gasteiger partial charge in [0.15, 0.2) is 0 Å². The number of Topliss-reactive ketones (excluding diaryl/α,β-unsaturated/α-hetero) is 1. The van der Waals surface area contributed by atoms with Crippen LogP contribution < -0.4 is 51.4 Å². The number of hydrogen-bond donors (Lipinski definition) is 0. The average Bonchev–Trinajstić information content (AvgIpc) is 2.64. The van der Waals surface area contributed by atoms with Gasteiger partial charge in [0.05, 0.1) is 0 Å². The van der Waals surface area contributed by atoms with Gasteiger partial charge in [0.1, 0.15) is 5.78 Å². The van der Waals surface area contributed by atoms with Gasteiger partial charge < -0.3 is 17.1 Å². The summed E-state index contributed by atoms with van der Waals surface area (Å²) in [4.78, 5) is 13.3. The molecule has 0 aliphatic carbocycles. The Kier molecular flexibility index (Phi) is 11.6. The fourth-order valence-electron chi connectivity index (χ4n) is 2.10. The van der Waals surface area contributed by atoms with Crippen molar-refractivity contribution in [2.24, 2.45) is 5.92 Å². The maximum Gasteiger partial charge on any atom is 1.00 e. The largest absolute Gasteiger partial charge is 1.00 e. The third-order valence-corrected chi connectivity index (χ3v) is 2.80. The first-order valence-electron chi connectivity index (χ1n) is 5.41. The van der Waals surface area contributed by atoms with E-state index in [-0.39, 0.29) is 58.8 Å². The molecular formula is C12H23KNO-. The Morgan fingerprint density at radius 3 is 2.53 bits per heavy atom. The number of fused-ring (bicyclic) bond motifs is 1. The van der Waals surface area contributed by atoms with Crippen LogP contribution in [0.3, 0.4) is 0 Å². The SMILES string of the molecule is CC.CCC1C[C-]2CC(=O)CN2C1.[CH3-].[K+]. The second-order valence-electron chi connectivity index (χ2n) is 3.64. The number of hydrogen-bond acceptors (Lipinski definition) is 2. The molecule has 3 heteroatoms. The molecule has 2 saturated heterocycles. The van der Waals surface area contributed by atoms with E-state index >= 15 is 0 Å². The molecule has 1 unspecified atom stereocenters. The zero-order valence-corrected chi connectivity index (χ0v) is 14.1. The van der Waals surface area contributed by atoms with Crippen LogP contribution in [0.2, 0.25) is 0 Å². The van der Waals surface area contributed by atoms with Crippen molar-refractivity contribution in [2.45, 2.75) is 40.0 Å². The molecule has 84 valence electrons. The fourth-order valence-corrected chi connectivity index (χ4v) is 2.10. The molecule has 0 aromatic carbocycles. The monoisotopic (exact) mass is 236 g/mol. The number of rotatable bonds is 1. The van der Waals surface area contributed by atoms with Crippen molar-refractivity contribution in [3.8, 4) is 0 Å². The summed E-state index contributed by atoms with van der Waals surface area (Å²) in [6, 6.07) is 1.40. The minimum atomic E-state index is 0. The summed E-state index contributed by atoms with van der Waals surface area (Å²) in [6.45, 7) is 8.07. The van der Waals surface area contributed by atoms with Crippen molar-refractivity contribution < 1.29 is 56.2 Å². The van der Waals surface area contributed by atoms with Crippen molar-refractivity contribution in [2.75, 3.05) is 13.1 Å². The van der Waals surface area contributed by atoms with E-state index in [1.165, 1.54) is 18.9 Å². The van der Waals surface area contributed by atoms with Gasteiger partial charge >= 0.3 is 51.4 Å². The predicted molar refractivity (Wildman–Crippen MR) is 60.6 cm³/mol. The van der Waals surface area contributed by atoms with Gasteiger partial charge in [-0.15, -0.1) is 6.42 Å². The molecule has 0 spiro atoms. The van der Waals surface area contributed by atoms with Crippen molar-refractivity contribution in [1.29, 1.82) is 0 Å². The van der Waals surface area contributed by atoms with Crippen LogP contribution in [0.15, 0.2) is 0 Å². The van der Waals surface area contributed by atoms with Gasteiger partial charge in [-0.3, -0.25) is 0 Å². The van der Waals surface area contributed by atoms with Crippen LogP contribution >= 0.6 is 0 Å². The molecule has 0 N–H and O–H groups in total. The van der Waals surface area contributed by atoms with Crippen molar-refractivity contribution >= 4 is 5.78 Å². The molecule has 0 amide bonds. The van der Waals surface area contributed by atoms with Gasteiger partial charge in [-0.25, -0.2) is 6.04 Å². The fraction of sp³-hybridized carbons (Fsp3) is 0.750. The minimum Gasteiger partial charge on any atom is -0.447 e. The molecule has 2 aliphatic rings. The summed E-state index contributed by atoms with van der Waals surface area (Å²) in [5, 5.41) is 0. The average molecular weight is 236 g/mol. The second-order valence-corrected chi connectivity index (χ2v) is 3.64. The van der Waals surface area contributed by atoms with Gasteiger partial charge in [0.2, 0.25) is 0 Å². The Balaban J connectivity index is 0.